The molecular weight excluding hydrogens is 402 g/mol. The normalized spacial score (nSPS) is 16.1. The highest BCUT2D eigenvalue weighted by atomic mass is 35.5. The predicted molar refractivity (Wildman–Crippen MR) is 118 cm³/mol. The fourth-order valence-corrected chi connectivity index (χ4v) is 3.66. The molecule has 1 aliphatic heterocycles. The molecule has 3 aromatic rings. The first-order valence-electron chi connectivity index (χ1n) is 10.0. The smallest absolute Gasteiger partial charge is 0.258 e. The minimum absolute atomic E-state index is 0.181. The van der Waals surface area contributed by atoms with E-state index in [1.807, 2.05) is 12.1 Å². The van der Waals surface area contributed by atoms with Crippen LogP contribution in [0.2, 0.25) is 5.02 Å². The zero-order chi connectivity index (χ0) is 20.9. The van der Waals surface area contributed by atoms with Gasteiger partial charge in [-0.05, 0) is 43.3 Å². The number of likely N-dealkylation sites (N-methyl/N-ethyl adjacent to an activating group) is 1. The van der Waals surface area contributed by atoms with Gasteiger partial charge < -0.3 is 15.0 Å². The van der Waals surface area contributed by atoms with Crippen LogP contribution in [-0.4, -0.2) is 40.2 Å². The summed E-state index contributed by atoms with van der Waals surface area (Å²) in [6, 6.07) is 11.2. The number of pyridine rings is 3. The second-order valence-corrected chi connectivity index (χ2v) is 7.63. The highest BCUT2D eigenvalue weighted by Gasteiger charge is 2.22. The summed E-state index contributed by atoms with van der Waals surface area (Å²) in [7, 11) is 0. The standard InChI is InChI=1S/C22H24ClN5O2/c1-2-24-17-7-9-27(14-17)21-6-5-19(13-26-21)28-10-8-20(11-22(28)29)30-15-18-4-3-16(23)12-25-18/h3-6,8,10-13,17,24H,2,7,9,14-15H2,1H3. The van der Waals surface area contributed by atoms with Crippen molar-refractivity contribution in [2.45, 2.75) is 26.0 Å². The molecule has 30 heavy (non-hydrogen) atoms. The van der Waals surface area contributed by atoms with Gasteiger partial charge in [-0.1, -0.05) is 18.5 Å². The van der Waals surface area contributed by atoms with Gasteiger partial charge in [-0.3, -0.25) is 14.3 Å². The first-order valence-corrected chi connectivity index (χ1v) is 10.4. The van der Waals surface area contributed by atoms with Crippen molar-refractivity contribution in [3.05, 3.63) is 76.1 Å². The molecule has 156 valence electrons. The Morgan fingerprint density at radius 3 is 2.80 bits per heavy atom. The van der Waals surface area contributed by atoms with Gasteiger partial charge in [0.25, 0.3) is 5.56 Å². The number of halogens is 1. The Kier molecular flexibility index (Phi) is 6.30. The minimum atomic E-state index is -0.181. The molecule has 4 rings (SSSR count). The lowest BCUT2D eigenvalue weighted by atomic mass is 10.3. The SMILES string of the molecule is CCNC1CCN(c2ccc(-n3ccc(OCc4ccc(Cl)cn4)cc3=O)cn2)C1. The molecule has 1 aliphatic rings. The molecular formula is C22H24ClN5O2. The zero-order valence-electron chi connectivity index (χ0n) is 16.8. The average Bonchev–Trinajstić information content (AvgIpc) is 3.23. The van der Waals surface area contributed by atoms with E-state index in [-0.39, 0.29) is 12.2 Å². The lowest BCUT2D eigenvalue weighted by Gasteiger charge is -2.18. The zero-order valence-corrected chi connectivity index (χ0v) is 17.5. The molecule has 1 saturated heterocycles. The van der Waals surface area contributed by atoms with Gasteiger partial charge in [0.05, 0.1) is 22.6 Å². The van der Waals surface area contributed by atoms with Crippen LogP contribution in [0.3, 0.4) is 0 Å². The van der Waals surface area contributed by atoms with Crippen molar-refractivity contribution in [1.82, 2.24) is 19.9 Å². The first kappa shape index (κ1) is 20.4. The molecule has 1 fully saturated rings. The Labute approximate surface area is 180 Å². The van der Waals surface area contributed by atoms with Gasteiger partial charge in [-0.25, -0.2) is 4.98 Å². The predicted octanol–water partition coefficient (Wildman–Crippen LogP) is 3.05. The Morgan fingerprint density at radius 2 is 2.10 bits per heavy atom. The van der Waals surface area contributed by atoms with Gasteiger partial charge in [-0.2, -0.15) is 0 Å². The van der Waals surface area contributed by atoms with Crippen LogP contribution in [0.15, 0.2) is 59.8 Å². The third-order valence-electron chi connectivity index (χ3n) is 5.08. The van der Waals surface area contributed by atoms with E-state index in [0.29, 0.717) is 16.8 Å². The Hall–Kier alpha value is -2.90. The summed E-state index contributed by atoms with van der Waals surface area (Å²) >= 11 is 5.83. The molecule has 7 nitrogen and oxygen atoms in total. The second-order valence-electron chi connectivity index (χ2n) is 7.19. The van der Waals surface area contributed by atoms with Crippen LogP contribution in [0.25, 0.3) is 5.69 Å². The van der Waals surface area contributed by atoms with Gasteiger partial charge in [0.2, 0.25) is 0 Å². The monoisotopic (exact) mass is 425 g/mol. The summed E-state index contributed by atoms with van der Waals surface area (Å²) in [5.41, 5.74) is 1.28. The molecule has 0 amide bonds. The van der Waals surface area contributed by atoms with Crippen LogP contribution in [0.1, 0.15) is 19.0 Å². The van der Waals surface area contributed by atoms with Crippen molar-refractivity contribution in [3.8, 4) is 11.4 Å². The summed E-state index contributed by atoms with van der Waals surface area (Å²) in [6.07, 6.45) is 6.11. The Morgan fingerprint density at radius 1 is 1.20 bits per heavy atom. The van der Waals surface area contributed by atoms with E-state index in [1.54, 1.807) is 41.4 Å². The molecule has 0 bridgehead atoms. The number of hydrogen-bond donors (Lipinski definition) is 1. The van der Waals surface area contributed by atoms with Gasteiger partial charge in [0, 0.05) is 37.6 Å². The summed E-state index contributed by atoms with van der Waals surface area (Å²) in [4.78, 5) is 23.6. The third-order valence-corrected chi connectivity index (χ3v) is 5.31. The van der Waals surface area contributed by atoms with Crippen molar-refractivity contribution in [2.75, 3.05) is 24.5 Å². The third kappa shape index (κ3) is 4.80. The molecule has 0 saturated carbocycles. The topological polar surface area (TPSA) is 72.3 Å². The van der Waals surface area contributed by atoms with Crippen LogP contribution in [0.5, 0.6) is 5.75 Å². The first-order chi connectivity index (χ1) is 14.6. The lowest BCUT2D eigenvalue weighted by Crippen LogP contribution is -2.32. The van der Waals surface area contributed by atoms with Gasteiger partial charge in [0.1, 0.15) is 18.2 Å². The maximum absolute atomic E-state index is 12.6. The van der Waals surface area contributed by atoms with Crippen LogP contribution in [0.4, 0.5) is 5.82 Å². The van der Waals surface area contributed by atoms with Crippen molar-refractivity contribution >= 4 is 17.4 Å². The molecule has 1 N–H and O–H groups in total. The second kappa shape index (κ2) is 9.28. The van der Waals surface area contributed by atoms with Crippen LogP contribution >= 0.6 is 11.6 Å². The molecule has 8 heteroatoms. The fraction of sp³-hybridized carbons (Fsp3) is 0.318. The molecule has 0 aromatic carbocycles. The summed E-state index contributed by atoms with van der Waals surface area (Å²) in [6.45, 7) is 5.30. The summed E-state index contributed by atoms with van der Waals surface area (Å²) < 4.78 is 7.22. The van der Waals surface area contributed by atoms with Crippen LogP contribution in [-0.2, 0) is 6.61 Å². The maximum Gasteiger partial charge on any atom is 0.258 e. The number of hydrogen-bond acceptors (Lipinski definition) is 6. The van der Waals surface area contributed by atoms with Gasteiger partial charge >= 0.3 is 0 Å². The van der Waals surface area contributed by atoms with E-state index in [2.05, 4.69) is 27.1 Å². The summed E-state index contributed by atoms with van der Waals surface area (Å²) in [5.74, 6) is 1.42. The minimum Gasteiger partial charge on any atom is -0.487 e. The molecule has 0 aliphatic carbocycles. The molecule has 1 atom stereocenters. The maximum atomic E-state index is 12.6. The molecule has 3 aromatic heterocycles. The van der Waals surface area contributed by atoms with E-state index < -0.39 is 0 Å². The quantitative estimate of drug-likeness (QED) is 0.627. The highest BCUT2D eigenvalue weighted by molar-refractivity contribution is 6.30. The number of ether oxygens (including phenoxy) is 1. The van der Waals surface area contributed by atoms with E-state index >= 15 is 0 Å². The van der Waals surface area contributed by atoms with Crippen molar-refractivity contribution in [2.24, 2.45) is 0 Å². The van der Waals surface area contributed by atoms with Gasteiger partial charge in [0.15, 0.2) is 0 Å². The van der Waals surface area contributed by atoms with Crippen molar-refractivity contribution in [1.29, 1.82) is 0 Å². The number of anilines is 1. The van der Waals surface area contributed by atoms with E-state index in [4.69, 9.17) is 16.3 Å². The Balaban J connectivity index is 1.41. The van der Waals surface area contributed by atoms with Crippen molar-refractivity contribution < 1.29 is 4.74 Å². The van der Waals surface area contributed by atoms with E-state index in [9.17, 15) is 4.79 Å². The molecule has 0 spiro atoms. The fourth-order valence-electron chi connectivity index (χ4n) is 3.54. The van der Waals surface area contributed by atoms with Crippen molar-refractivity contribution in [3.63, 3.8) is 0 Å². The largest absolute Gasteiger partial charge is 0.487 e. The number of rotatable bonds is 7. The number of nitrogens with one attached hydrogen (secondary N) is 1. The molecule has 1 unspecified atom stereocenters. The molecule has 4 heterocycles. The van der Waals surface area contributed by atoms with E-state index in [1.165, 1.54) is 6.07 Å². The Bertz CT molecular complexity index is 1040. The summed E-state index contributed by atoms with van der Waals surface area (Å²) in [5, 5.41) is 4.05. The average molecular weight is 426 g/mol. The molecule has 0 radical (unpaired) electrons. The highest BCUT2D eigenvalue weighted by Crippen LogP contribution is 2.19. The lowest BCUT2D eigenvalue weighted by molar-refractivity contribution is 0.300. The van der Waals surface area contributed by atoms with E-state index in [0.717, 1.165) is 43.3 Å². The number of nitrogens with zero attached hydrogens (tertiary/aromatic N) is 4. The van der Waals surface area contributed by atoms with Gasteiger partial charge in [-0.15, -0.1) is 0 Å². The van der Waals surface area contributed by atoms with Crippen LogP contribution < -0.4 is 20.5 Å². The number of aromatic nitrogens is 3. The van der Waals surface area contributed by atoms with Crippen LogP contribution in [0, 0.1) is 0 Å².